The number of carbonyl (C=O) groups excluding carboxylic acids is 1. The van der Waals surface area contributed by atoms with Crippen molar-refractivity contribution in [2.24, 2.45) is 0 Å². The summed E-state index contributed by atoms with van der Waals surface area (Å²) in [5, 5.41) is 10.0. The van der Waals surface area contributed by atoms with E-state index >= 15 is 0 Å². The lowest BCUT2D eigenvalue weighted by molar-refractivity contribution is -0.132. The molecule has 1 aliphatic heterocycles. The molecule has 0 bridgehead atoms. The summed E-state index contributed by atoms with van der Waals surface area (Å²) >= 11 is 0. The van der Waals surface area contributed by atoms with Gasteiger partial charge in [0.2, 0.25) is 5.91 Å². The number of aliphatic hydroxyl groups is 1. The van der Waals surface area contributed by atoms with Gasteiger partial charge in [0, 0.05) is 32.2 Å². The lowest BCUT2D eigenvalue weighted by atomic mass is 10.1. The molecule has 1 heterocycles. The third kappa shape index (κ3) is 3.50. The number of carbonyl (C=O) groups is 1. The molecule has 3 rings (SSSR count). The third-order valence-corrected chi connectivity index (χ3v) is 5.02. The van der Waals surface area contributed by atoms with Crippen LogP contribution in [0.15, 0.2) is 24.3 Å². The topological polar surface area (TPSA) is 43.8 Å². The summed E-state index contributed by atoms with van der Waals surface area (Å²) in [6.07, 6.45) is 3.47. The average Bonchev–Trinajstić information content (AvgIpc) is 2.93. The van der Waals surface area contributed by atoms with Crippen LogP contribution in [-0.2, 0) is 11.2 Å². The molecule has 1 aliphatic carbocycles. The van der Waals surface area contributed by atoms with E-state index in [0.717, 1.165) is 51.0 Å². The molecule has 120 valence electrons. The Kier molecular flexibility index (Phi) is 4.79. The van der Waals surface area contributed by atoms with E-state index in [-0.39, 0.29) is 12.0 Å². The fourth-order valence-corrected chi connectivity index (χ4v) is 3.76. The van der Waals surface area contributed by atoms with Gasteiger partial charge in [-0.1, -0.05) is 29.8 Å². The minimum absolute atomic E-state index is 0.172. The maximum absolute atomic E-state index is 12.4. The smallest absolute Gasteiger partial charge is 0.227 e. The van der Waals surface area contributed by atoms with Crippen molar-refractivity contribution in [3.05, 3.63) is 35.4 Å². The summed E-state index contributed by atoms with van der Waals surface area (Å²) in [7, 11) is 0. The second-order valence-corrected chi connectivity index (χ2v) is 6.65. The predicted molar refractivity (Wildman–Crippen MR) is 86.7 cm³/mol. The monoisotopic (exact) mass is 302 g/mol. The molecule has 1 N–H and O–H groups in total. The minimum atomic E-state index is -0.172. The molecule has 4 nitrogen and oxygen atoms in total. The van der Waals surface area contributed by atoms with Gasteiger partial charge in [0.25, 0.3) is 0 Å². The Morgan fingerprint density at radius 1 is 1.23 bits per heavy atom. The Labute approximate surface area is 132 Å². The summed E-state index contributed by atoms with van der Waals surface area (Å²) in [6, 6.07) is 8.49. The Bertz CT molecular complexity index is 524. The van der Waals surface area contributed by atoms with E-state index in [1.807, 2.05) is 17.0 Å². The van der Waals surface area contributed by atoms with E-state index in [4.69, 9.17) is 0 Å². The summed E-state index contributed by atoms with van der Waals surface area (Å²) in [5.41, 5.74) is 2.30. The largest absolute Gasteiger partial charge is 0.391 e. The molecular weight excluding hydrogens is 276 g/mol. The molecule has 2 fully saturated rings. The van der Waals surface area contributed by atoms with Crippen LogP contribution in [0.2, 0.25) is 0 Å². The zero-order valence-corrected chi connectivity index (χ0v) is 13.4. The zero-order valence-electron chi connectivity index (χ0n) is 13.4. The number of nitrogens with zero attached hydrogens (tertiary/aromatic N) is 2. The number of aliphatic hydroxyl groups excluding tert-OH is 1. The average molecular weight is 302 g/mol. The molecule has 2 unspecified atom stereocenters. The highest BCUT2D eigenvalue weighted by Gasteiger charge is 2.33. The van der Waals surface area contributed by atoms with Crippen molar-refractivity contribution in [1.29, 1.82) is 0 Å². The number of aryl methyl sites for hydroxylation is 1. The van der Waals surface area contributed by atoms with E-state index in [1.54, 1.807) is 0 Å². The first-order valence-electron chi connectivity index (χ1n) is 8.39. The second-order valence-electron chi connectivity index (χ2n) is 6.65. The molecule has 0 spiro atoms. The van der Waals surface area contributed by atoms with Crippen LogP contribution in [0.5, 0.6) is 0 Å². The van der Waals surface area contributed by atoms with Crippen LogP contribution in [0.4, 0.5) is 0 Å². The first-order valence-corrected chi connectivity index (χ1v) is 8.39. The summed E-state index contributed by atoms with van der Waals surface area (Å²) < 4.78 is 0. The van der Waals surface area contributed by atoms with Crippen molar-refractivity contribution in [2.75, 3.05) is 26.2 Å². The van der Waals surface area contributed by atoms with Gasteiger partial charge in [-0.25, -0.2) is 0 Å². The highest BCUT2D eigenvalue weighted by molar-refractivity contribution is 5.79. The number of amides is 1. The standard InChI is InChI=1S/C18H26N2O2/c1-14-4-2-5-15(12-14)13-18(22)20-10-8-19(9-11-20)16-6-3-7-17(16)21/h2,4-5,12,16-17,21H,3,6-11,13H2,1H3. The molecule has 0 aromatic heterocycles. The van der Waals surface area contributed by atoms with Crippen LogP contribution >= 0.6 is 0 Å². The first kappa shape index (κ1) is 15.5. The van der Waals surface area contributed by atoms with Crippen molar-refractivity contribution >= 4 is 5.91 Å². The Morgan fingerprint density at radius 2 is 2.00 bits per heavy atom. The highest BCUT2D eigenvalue weighted by atomic mass is 16.3. The van der Waals surface area contributed by atoms with Crippen LogP contribution in [0.25, 0.3) is 0 Å². The van der Waals surface area contributed by atoms with Crippen molar-refractivity contribution < 1.29 is 9.90 Å². The second kappa shape index (κ2) is 6.80. The number of hydrogen-bond acceptors (Lipinski definition) is 3. The molecule has 2 atom stereocenters. The van der Waals surface area contributed by atoms with Crippen molar-refractivity contribution in [3.8, 4) is 0 Å². The van der Waals surface area contributed by atoms with E-state index < -0.39 is 0 Å². The summed E-state index contributed by atoms with van der Waals surface area (Å²) in [4.78, 5) is 16.8. The molecule has 0 radical (unpaired) electrons. The van der Waals surface area contributed by atoms with Crippen LogP contribution in [0.1, 0.15) is 30.4 Å². The first-order chi connectivity index (χ1) is 10.6. The molecule has 1 saturated carbocycles. The normalized spacial score (nSPS) is 26.4. The van der Waals surface area contributed by atoms with Crippen molar-refractivity contribution in [3.63, 3.8) is 0 Å². The summed E-state index contributed by atoms with van der Waals surface area (Å²) in [5.74, 6) is 0.220. The molecule has 1 aromatic rings. The van der Waals surface area contributed by atoms with E-state index in [0.29, 0.717) is 12.5 Å². The van der Waals surface area contributed by atoms with Gasteiger partial charge in [0.1, 0.15) is 0 Å². The van der Waals surface area contributed by atoms with Gasteiger partial charge in [-0.2, -0.15) is 0 Å². The molecule has 4 heteroatoms. The zero-order chi connectivity index (χ0) is 15.5. The SMILES string of the molecule is Cc1cccc(CC(=O)N2CCN(C3CCCC3O)CC2)c1. The van der Waals surface area contributed by atoms with Gasteiger partial charge < -0.3 is 10.0 Å². The van der Waals surface area contributed by atoms with Gasteiger partial charge in [0.15, 0.2) is 0 Å². The van der Waals surface area contributed by atoms with Gasteiger partial charge >= 0.3 is 0 Å². The lowest BCUT2D eigenvalue weighted by Crippen LogP contribution is -2.53. The molecule has 1 saturated heterocycles. The number of hydrogen-bond donors (Lipinski definition) is 1. The quantitative estimate of drug-likeness (QED) is 0.922. The fourth-order valence-electron chi connectivity index (χ4n) is 3.76. The van der Waals surface area contributed by atoms with Crippen LogP contribution in [0, 0.1) is 6.92 Å². The molecule has 22 heavy (non-hydrogen) atoms. The van der Waals surface area contributed by atoms with Crippen molar-refractivity contribution in [1.82, 2.24) is 9.80 Å². The van der Waals surface area contributed by atoms with Crippen molar-refractivity contribution in [2.45, 2.75) is 44.8 Å². The van der Waals surface area contributed by atoms with Gasteiger partial charge in [-0.05, 0) is 31.7 Å². The van der Waals surface area contributed by atoms with Crippen LogP contribution in [-0.4, -0.2) is 59.1 Å². The predicted octanol–water partition coefficient (Wildman–Crippen LogP) is 1.60. The lowest BCUT2D eigenvalue weighted by Gasteiger charge is -2.39. The highest BCUT2D eigenvalue weighted by Crippen LogP contribution is 2.25. The number of piperazine rings is 1. The van der Waals surface area contributed by atoms with E-state index in [1.165, 1.54) is 5.56 Å². The van der Waals surface area contributed by atoms with Crippen LogP contribution in [0.3, 0.4) is 0 Å². The molecule has 2 aliphatic rings. The Morgan fingerprint density at radius 3 is 2.64 bits per heavy atom. The molecule has 1 aromatic carbocycles. The van der Waals surface area contributed by atoms with Gasteiger partial charge in [-0.15, -0.1) is 0 Å². The van der Waals surface area contributed by atoms with E-state index in [2.05, 4.69) is 24.0 Å². The fraction of sp³-hybridized carbons (Fsp3) is 0.611. The summed E-state index contributed by atoms with van der Waals surface area (Å²) in [6.45, 7) is 5.41. The Hall–Kier alpha value is -1.39. The maximum Gasteiger partial charge on any atom is 0.227 e. The maximum atomic E-state index is 12.4. The number of benzene rings is 1. The third-order valence-electron chi connectivity index (χ3n) is 5.02. The van der Waals surface area contributed by atoms with E-state index in [9.17, 15) is 9.90 Å². The van der Waals surface area contributed by atoms with Gasteiger partial charge in [-0.3, -0.25) is 9.69 Å². The Balaban J connectivity index is 1.51. The van der Waals surface area contributed by atoms with Gasteiger partial charge in [0.05, 0.1) is 12.5 Å². The molecule has 1 amide bonds. The number of rotatable bonds is 3. The van der Waals surface area contributed by atoms with Crippen LogP contribution < -0.4 is 0 Å². The molecular formula is C18H26N2O2. The minimum Gasteiger partial charge on any atom is -0.391 e.